The second-order valence-corrected chi connectivity index (χ2v) is 7.76. The molecular weight excluding hydrogens is 390 g/mol. The topological polar surface area (TPSA) is 69.6 Å². The van der Waals surface area contributed by atoms with Crippen LogP contribution in [0.25, 0.3) is 0 Å². The third-order valence-corrected chi connectivity index (χ3v) is 5.27. The van der Waals surface area contributed by atoms with E-state index in [0.29, 0.717) is 15.9 Å². The van der Waals surface area contributed by atoms with Gasteiger partial charge in [-0.2, -0.15) is 5.10 Å². The molecule has 2 N–H and O–H groups in total. The number of hydrogen-bond acceptors (Lipinski definition) is 5. The summed E-state index contributed by atoms with van der Waals surface area (Å²) >= 11 is 6.58. The number of anilines is 2. The molecule has 150 valence electrons. The van der Waals surface area contributed by atoms with Crippen molar-refractivity contribution in [2.45, 2.75) is 47.0 Å². The molecule has 2 rings (SSSR count). The molecule has 0 unspecified atom stereocenters. The molecule has 0 aliphatic carbocycles. The van der Waals surface area contributed by atoms with Gasteiger partial charge >= 0.3 is 0 Å². The third kappa shape index (κ3) is 6.38. The maximum atomic E-state index is 12.2. The van der Waals surface area contributed by atoms with E-state index >= 15 is 0 Å². The monoisotopic (exact) mass is 417 g/mol. The molecule has 0 fully saturated rings. The van der Waals surface area contributed by atoms with E-state index in [1.807, 2.05) is 37.4 Å². The number of amides is 1. The largest absolute Gasteiger partial charge is 0.361 e. The fourth-order valence-corrected chi connectivity index (χ4v) is 3.50. The number of nitrogens with zero attached hydrogens (tertiary/aromatic N) is 3. The summed E-state index contributed by atoms with van der Waals surface area (Å²) in [5, 5.41) is 10.2. The summed E-state index contributed by atoms with van der Waals surface area (Å²) in [6.07, 6.45) is 5.02. The van der Waals surface area contributed by atoms with Crippen LogP contribution in [0.5, 0.6) is 0 Å². The average molecular weight is 418 g/mol. The van der Waals surface area contributed by atoms with E-state index in [2.05, 4.69) is 27.8 Å². The smallest absolute Gasteiger partial charge is 0.230 e. The molecule has 0 saturated carbocycles. The summed E-state index contributed by atoms with van der Waals surface area (Å²) < 4.78 is 0. The zero-order valence-corrected chi connectivity index (χ0v) is 18.4. The highest BCUT2D eigenvalue weighted by Crippen LogP contribution is 2.29. The fourth-order valence-electron chi connectivity index (χ4n) is 2.50. The molecule has 8 heteroatoms. The van der Waals surface area contributed by atoms with Crippen LogP contribution in [0.4, 0.5) is 10.8 Å². The number of aryl methyl sites for hydroxylation is 2. The highest BCUT2D eigenvalue weighted by Gasteiger charge is 2.18. The van der Waals surface area contributed by atoms with Gasteiger partial charge in [0.05, 0.1) is 17.6 Å². The molecule has 0 radical (unpaired) electrons. The van der Waals surface area contributed by atoms with E-state index < -0.39 is 0 Å². The fraction of sp³-hybridized carbons (Fsp3) is 0.400. The van der Waals surface area contributed by atoms with Crippen molar-refractivity contribution in [3.63, 3.8) is 0 Å². The Bertz CT molecular complexity index is 847. The minimum absolute atomic E-state index is 0.0864. The molecule has 1 heterocycles. The number of thiazole rings is 1. The van der Waals surface area contributed by atoms with Crippen molar-refractivity contribution in [1.29, 1.82) is 0 Å². The predicted octanol–water partition coefficient (Wildman–Crippen LogP) is 4.43. The van der Waals surface area contributed by atoms with E-state index in [1.165, 1.54) is 36.7 Å². The van der Waals surface area contributed by atoms with E-state index in [9.17, 15) is 4.79 Å². The molecule has 0 saturated heterocycles. The summed E-state index contributed by atoms with van der Waals surface area (Å²) in [5.41, 5.74) is 6.58. The summed E-state index contributed by atoms with van der Waals surface area (Å²) in [4.78, 5) is 18.3. The van der Waals surface area contributed by atoms with Gasteiger partial charge in [-0.15, -0.1) is 11.3 Å². The normalized spacial score (nSPS) is 10.9. The van der Waals surface area contributed by atoms with Crippen LogP contribution in [0.2, 0.25) is 0 Å². The number of carbonyl (C=O) groups is 1. The first-order chi connectivity index (χ1) is 13.4. The number of unbranched alkanes of at least 4 members (excludes halogenated alkanes) is 2. The maximum Gasteiger partial charge on any atom is 0.230 e. The Hall–Kier alpha value is -2.32. The predicted molar refractivity (Wildman–Crippen MR) is 122 cm³/mol. The van der Waals surface area contributed by atoms with Gasteiger partial charge in [-0.3, -0.25) is 15.1 Å². The van der Waals surface area contributed by atoms with Gasteiger partial charge in [-0.05, 0) is 55.7 Å². The lowest BCUT2D eigenvalue weighted by molar-refractivity contribution is -0.115. The van der Waals surface area contributed by atoms with Crippen molar-refractivity contribution in [2.75, 3.05) is 11.4 Å². The lowest BCUT2D eigenvalue weighted by atomic mass is 10.1. The Labute approximate surface area is 176 Å². The number of aromatic nitrogens is 1. The van der Waals surface area contributed by atoms with Gasteiger partial charge in [0.1, 0.15) is 0 Å². The molecule has 0 atom stereocenters. The van der Waals surface area contributed by atoms with E-state index in [1.54, 1.807) is 11.1 Å². The zero-order chi connectivity index (χ0) is 20.5. The summed E-state index contributed by atoms with van der Waals surface area (Å²) in [6, 6.07) is 5.94. The Kier molecular flexibility index (Phi) is 8.53. The molecule has 1 amide bonds. The van der Waals surface area contributed by atoms with Gasteiger partial charge in [-0.1, -0.05) is 25.8 Å². The first-order valence-electron chi connectivity index (χ1n) is 9.32. The standard InChI is InChI=1S/C20H27N5OS2/c1-5-6-7-10-21-19(27)24-22-12-17-13-28-20(23-17)25(16(4)26)18-9-8-14(2)15(3)11-18/h8-9,11-13H,5-7,10H2,1-4H3,(H2,21,24,27)/b22-12-. The first kappa shape index (κ1) is 22.0. The molecule has 0 aliphatic rings. The summed E-state index contributed by atoms with van der Waals surface area (Å²) in [5.74, 6) is -0.0864. The molecular formula is C20H27N5OS2. The van der Waals surface area contributed by atoms with Gasteiger partial charge in [0.15, 0.2) is 10.2 Å². The van der Waals surface area contributed by atoms with Crippen molar-refractivity contribution in [3.05, 3.63) is 40.4 Å². The summed E-state index contributed by atoms with van der Waals surface area (Å²) in [6.45, 7) is 8.61. The van der Waals surface area contributed by atoms with Crippen molar-refractivity contribution in [1.82, 2.24) is 15.7 Å². The van der Waals surface area contributed by atoms with Crippen LogP contribution >= 0.6 is 23.6 Å². The second-order valence-electron chi connectivity index (χ2n) is 6.51. The zero-order valence-electron chi connectivity index (χ0n) is 16.8. The van der Waals surface area contributed by atoms with Crippen molar-refractivity contribution in [2.24, 2.45) is 5.10 Å². The van der Waals surface area contributed by atoms with Gasteiger partial charge in [0.2, 0.25) is 5.91 Å². The third-order valence-electron chi connectivity index (χ3n) is 4.19. The molecule has 6 nitrogen and oxygen atoms in total. The Morgan fingerprint density at radius 2 is 2.11 bits per heavy atom. The number of carbonyl (C=O) groups excluding carboxylic acids is 1. The van der Waals surface area contributed by atoms with Crippen molar-refractivity contribution in [3.8, 4) is 0 Å². The van der Waals surface area contributed by atoms with Gasteiger partial charge in [0.25, 0.3) is 0 Å². The minimum atomic E-state index is -0.0864. The lowest BCUT2D eigenvalue weighted by Gasteiger charge is -2.19. The van der Waals surface area contributed by atoms with Crippen LogP contribution in [-0.2, 0) is 4.79 Å². The average Bonchev–Trinajstić information content (AvgIpc) is 3.10. The number of hydrazone groups is 1. The number of nitrogens with one attached hydrogen (secondary N) is 2. The Balaban J connectivity index is 2.01. The SMILES string of the molecule is CCCCCNC(=S)N/N=C\c1csc(N(C(C)=O)c2ccc(C)c(C)c2)n1. The van der Waals surface area contributed by atoms with Gasteiger partial charge in [0, 0.05) is 18.8 Å². The van der Waals surface area contributed by atoms with Crippen molar-refractivity contribution >= 4 is 51.6 Å². The molecule has 0 spiro atoms. The summed E-state index contributed by atoms with van der Waals surface area (Å²) in [7, 11) is 0. The quantitative estimate of drug-likeness (QED) is 0.288. The number of hydrogen-bond donors (Lipinski definition) is 2. The van der Waals surface area contributed by atoms with Crippen LogP contribution in [-0.4, -0.2) is 28.8 Å². The number of benzene rings is 1. The van der Waals surface area contributed by atoms with Gasteiger partial charge < -0.3 is 5.32 Å². The highest BCUT2D eigenvalue weighted by molar-refractivity contribution is 7.80. The Morgan fingerprint density at radius 1 is 1.32 bits per heavy atom. The lowest BCUT2D eigenvalue weighted by Crippen LogP contribution is -2.32. The number of rotatable bonds is 8. The first-order valence-corrected chi connectivity index (χ1v) is 10.6. The maximum absolute atomic E-state index is 12.2. The van der Waals surface area contributed by atoms with Crippen LogP contribution in [0, 0.1) is 13.8 Å². The van der Waals surface area contributed by atoms with Gasteiger partial charge in [-0.25, -0.2) is 4.98 Å². The highest BCUT2D eigenvalue weighted by atomic mass is 32.1. The van der Waals surface area contributed by atoms with Crippen LogP contribution in [0.1, 0.15) is 49.9 Å². The van der Waals surface area contributed by atoms with E-state index in [-0.39, 0.29) is 5.91 Å². The van der Waals surface area contributed by atoms with E-state index in [0.717, 1.165) is 24.2 Å². The molecule has 1 aromatic heterocycles. The second kappa shape index (κ2) is 10.9. The molecule has 28 heavy (non-hydrogen) atoms. The molecule has 0 bridgehead atoms. The van der Waals surface area contributed by atoms with Crippen LogP contribution < -0.4 is 15.6 Å². The van der Waals surface area contributed by atoms with Crippen LogP contribution in [0.15, 0.2) is 28.7 Å². The van der Waals surface area contributed by atoms with E-state index in [4.69, 9.17) is 12.2 Å². The molecule has 1 aromatic carbocycles. The van der Waals surface area contributed by atoms with Crippen LogP contribution in [0.3, 0.4) is 0 Å². The molecule has 0 aliphatic heterocycles. The molecule has 2 aromatic rings. The Morgan fingerprint density at radius 3 is 2.79 bits per heavy atom. The van der Waals surface area contributed by atoms with Crippen molar-refractivity contribution < 1.29 is 4.79 Å². The number of thiocarbonyl (C=S) groups is 1. The minimum Gasteiger partial charge on any atom is -0.361 e.